The zero-order valence-corrected chi connectivity index (χ0v) is 18.3. The van der Waals surface area contributed by atoms with Crippen LogP contribution in [-0.2, 0) is 0 Å². The fourth-order valence-corrected chi connectivity index (χ4v) is 15.0. The van der Waals surface area contributed by atoms with Gasteiger partial charge >= 0.3 is 175 Å². The number of fused-ring (bicyclic) bond motifs is 1. The van der Waals surface area contributed by atoms with E-state index in [4.69, 9.17) is 0 Å². The second-order valence-corrected chi connectivity index (χ2v) is 15.3. The molecule has 5 rings (SSSR count). The second-order valence-electron chi connectivity index (χ2n) is 7.37. The van der Waals surface area contributed by atoms with Gasteiger partial charge in [0.2, 0.25) is 0 Å². The molecule has 0 N–H and O–H groups in total. The quantitative estimate of drug-likeness (QED) is 0.374. The summed E-state index contributed by atoms with van der Waals surface area (Å²) in [5.74, 6) is 0. The van der Waals surface area contributed by atoms with Crippen LogP contribution in [0.25, 0.3) is 10.8 Å². The van der Waals surface area contributed by atoms with Gasteiger partial charge in [-0.25, -0.2) is 0 Å². The molecule has 5 aromatic rings. The van der Waals surface area contributed by atoms with Gasteiger partial charge in [0.25, 0.3) is 0 Å². The third-order valence-corrected chi connectivity index (χ3v) is 16.0. The van der Waals surface area contributed by atoms with E-state index in [0.717, 1.165) is 0 Å². The van der Waals surface area contributed by atoms with Crippen LogP contribution in [0, 0.1) is 0 Å². The molecule has 0 bridgehead atoms. The molecule has 0 radical (unpaired) electrons. The van der Waals surface area contributed by atoms with E-state index in [2.05, 4.69) is 133 Å². The molecule has 0 spiro atoms. The maximum atomic E-state index is 2.37. The summed E-state index contributed by atoms with van der Waals surface area (Å²) in [6.45, 7) is 0. The molecule has 0 atom stereocenters. The van der Waals surface area contributed by atoms with Crippen molar-refractivity contribution in [2.75, 3.05) is 0 Å². The first-order chi connectivity index (χ1) is 14.4. The van der Waals surface area contributed by atoms with Gasteiger partial charge in [-0.15, -0.1) is 0 Å². The van der Waals surface area contributed by atoms with Crippen molar-refractivity contribution < 1.29 is 0 Å². The molecule has 0 saturated carbocycles. The topological polar surface area (TPSA) is 0 Å². The number of benzene rings is 5. The molecule has 0 aliphatic heterocycles. The van der Waals surface area contributed by atoms with Crippen molar-refractivity contribution in [1.82, 2.24) is 0 Å². The van der Waals surface area contributed by atoms with E-state index in [1.807, 2.05) is 0 Å². The summed E-state index contributed by atoms with van der Waals surface area (Å²) in [5.41, 5.74) is 0. The fourth-order valence-electron chi connectivity index (χ4n) is 4.58. The predicted octanol–water partition coefficient (Wildman–Crippen LogP) is 4.22. The van der Waals surface area contributed by atoms with Gasteiger partial charge in [0.15, 0.2) is 0 Å². The van der Waals surface area contributed by atoms with Crippen LogP contribution in [0.5, 0.6) is 0 Å². The van der Waals surface area contributed by atoms with Crippen molar-refractivity contribution in [2.45, 2.75) is 0 Å². The van der Waals surface area contributed by atoms with E-state index in [1.54, 1.807) is 0 Å². The molecule has 5 aromatic carbocycles. The Balaban J connectivity index is 1.99. The Bertz CT molecular complexity index is 1130. The molecular weight excluding hydrogens is 409 g/mol. The minimum absolute atomic E-state index is 1.31. The van der Waals surface area contributed by atoms with Gasteiger partial charge in [-0.2, -0.15) is 0 Å². The van der Waals surface area contributed by atoms with E-state index in [-0.39, 0.29) is 0 Å². The second kappa shape index (κ2) is 7.73. The van der Waals surface area contributed by atoms with Crippen molar-refractivity contribution in [3.63, 3.8) is 0 Å². The Kier molecular flexibility index (Phi) is 4.79. The van der Waals surface area contributed by atoms with E-state index in [0.29, 0.717) is 0 Å². The number of hydrogen-bond donors (Lipinski definition) is 0. The standard InChI is InChI=1S/C28H22Ge/c1-4-15-24(16-5-1)29(25-17-6-2-7-18-25,26-19-8-3-9-20-26)28-22-12-14-23-13-10-11-21-27(23)28/h1-22H. The molecule has 0 nitrogen and oxygen atoms in total. The summed E-state index contributed by atoms with van der Waals surface area (Å²) in [6, 6.07) is 49.1. The summed E-state index contributed by atoms with van der Waals surface area (Å²) in [4.78, 5) is 0. The van der Waals surface area contributed by atoms with E-state index < -0.39 is 13.3 Å². The molecule has 0 aliphatic rings. The van der Waals surface area contributed by atoms with Crippen LogP contribution < -0.4 is 17.6 Å². The molecule has 0 aliphatic carbocycles. The van der Waals surface area contributed by atoms with Crippen LogP contribution in [0.4, 0.5) is 0 Å². The Labute approximate surface area is 174 Å². The average molecular weight is 431 g/mol. The SMILES string of the molecule is c1cc[c]([Ge]([c]2ccccc2)([c]2ccccc2)[c]2cccc3ccccc23)cc1. The summed E-state index contributed by atoms with van der Waals surface area (Å²) in [5, 5.41) is 2.68. The molecular formula is C28H22Ge. The van der Waals surface area contributed by atoms with Crippen LogP contribution in [-0.4, -0.2) is 13.3 Å². The first-order valence-electron chi connectivity index (χ1n) is 10.1. The van der Waals surface area contributed by atoms with Crippen molar-refractivity contribution >= 4 is 41.6 Å². The summed E-state index contributed by atoms with van der Waals surface area (Å²) in [7, 11) is 0. The number of hydrogen-bond acceptors (Lipinski definition) is 0. The monoisotopic (exact) mass is 432 g/mol. The Hall–Kier alpha value is -3.10. The Morgan fingerprint density at radius 2 is 0.759 bits per heavy atom. The molecule has 0 heterocycles. The Morgan fingerprint density at radius 1 is 0.345 bits per heavy atom. The van der Waals surface area contributed by atoms with Gasteiger partial charge in [0, 0.05) is 0 Å². The first-order valence-corrected chi connectivity index (χ1v) is 14.2. The van der Waals surface area contributed by atoms with Gasteiger partial charge < -0.3 is 0 Å². The van der Waals surface area contributed by atoms with Gasteiger partial charge in [-0.3, -0.25) is 0 Å². The van der Waals surface area contributed by atoms with Crippen molar-refractivity contribution in [2.24, 2.45) is 0 Å². The Morgan fingerprint density at radius 3 is 1.28 bits per heavy atom. The zero-order chi connectivity index (χ0) is 19.5. The van der Waals surface area contributed by atoms with Gasteiger partial charge in [0.1, 0.15) is 0 Å². The molecule has 0 amide bonds. The summed E-state index contributed by atoms with van der Waals surface area (Å²) in [6.07, 6.45) is 0. The molecule has 1 heteroatoms. The third kappa shape index (κ3) is 3.01. The normalized spacial score (nSPS) is 11.4. The summed E-state index contributed by atoms with van der Waals surface area (Å²) >= 11 is -3.19. The van der Waals surface area contributed by atoms with Gasteiger partial charge in [-0.05, 0) is 0 Å². The van der Waals surface area contributed by atoms with E-state index >= 15 is 0 Å². The van der Waals surface area contributed by atoms with Crippen molar-refractivity contribution in [3.8, 4) is 0 Å². The van der Waals surface area contributed by atoms with Crippen molar-refractivity contribution in [1.29, 1.82) is 0 Å². The van der Waals surface area contributed by atoms with Crippen LogP contribution in [0.3, 0.4) is 0 Å². The minimum atomic E-state index is -3.19. The zero-order valence-electron chi connectivity index (χ0n) is 16.2. The van der Waals surface area contributed by atoms with Gasteiger partial charge in [-0.1, -0.05) is 0 Å². The fraction of sp³-hybridized carbons (Fsp3) is 0. The molecule has 0 aromatic heterocycles. The van der Waals surface area contributed by atoms with Crippen LogP contribution >= 0.6 is 0 Å². The molecule has 0 unspecified atom stereocenters. The van der Waals surface area contributed by atoms with Crippen LogP contribution in [0.2, 0.25) is 0 Å². The van der Waals surface area contributed by atoms with E-state index in [1.165, 1.54) is 28.4 Å². The predicted molar refractivity (Wildman–Crippen MR) is 128 cm³/mol. The third-order valence-electron chi connectivity index (χ3n) is 5.81. The maximum absolute atomic E-state index is 3.19. The average Bonchev–Trinajstić information content (AvgIpc) is 2.82. The molecule has 138 valence electrons. The molecule has 0 saturated heterocycles. The molecule has 0 fully saturated rings. The number of rotatable bonds is 4. The van der Waals surface area contributed by atoms with Crippen molar-refractivity contribution in [3.05, 3.63) is 133 Å². The van der Waals surface area contributed by atoms with Gasteiger partial charge in [0.05, 0.1) is 0 Å². The van der Waals surface area contributed by atoms with Crippen LogP contribution in [0.15, 0.2) is 133 Å². The first kappa shape index (κ1) is 18.0. The van der Waals surface area contributed by atoms with E-state index in [9.17, 15) is 0 Å². The molecule has 29 heavy (non-hydrogen) atoms. The van der Waals surface area contributed by atoms with Crippen LogP contribution in [0.1, 0.15) is 0 Å². The summed E-state index contributed by atoms with van der Waals surface area (Å²) < 4.78 is 5.87.